The highest BCUT2D eigenvalue weighted by Gasteiger charge is 2.50. The second-order valence-electron chi connectivity index (χ2n) is 11.8. The molecule has 12 heteroatoms. The highest BCUT2D eigenvalue weighted by molar-refractivity contribution is 7.91. The van der Waals surface area contributed by atoms with Gasteiger partial charge < -0.3 is 10.0 Å². The number of rotatable bonds is 6. The Morgan fingerprint density at radius 2 is 1.79 bits per heavy atom. The lowest BCUT2D eigenvalue weighted by Crippen LogP contribution is -2.58. The van der Waals surface area contributed by atoms with Crippen LogP contribution in [0.25, 0.3) is 0 Å². The molecule has 0 unspecified atom stereocenters. The number of carboxylic acids is 1. The van der Waals surface area contributed by atoms with E-state index in [0.717, 1.165) is 43.4 Å². The molecule has 212 valence electrons. The zero-order valence-corrected chi connectivity index (χ0v) is 24.9. The molecular weight excluding hydrogens is 538 g/mol. The maximum Gasteiger partial charge on any atom is 0.348 e. The quantitative estimate of drug-likeness (QED) is 0.499. The van der Waals surface area contributed by atoms with Crippen molar-refractivity contribution in [1.82, 2.24) is 20.2 Å². The largest absolute Gasteiger partial charge is 0.477 e. The molecule has 1 amide bonds. The van der Waals surface area contributed by atoms with Crippen molar-refractivity contribution in [2.24, 2.45) is 18.4 Å². The van der Waals surface area contributed by atoms with Gasteiger partial charge in [0, 0.05) is 19.4 Å². The summed E-state index contributed by atoms with van der Waals surface area (Å²) < 4.78 is 27.7. The second kappa shape index (κ2) is 11.0. The van der Waals surface area contributed by atoms with E-state index in [1.807, 2.05) is 20.8 Å². The van der Waals surface area contributed by atoms with Crippen molar-refractivity contribution in [3.05, 3.63) is 15.8 Å². The number of carbonyl (C=O) groups is 2. The van der Waals surface area contributed by atoms with Gasteiger partial charge in [0.25, 0.3) is 5.16 Å². The van der Waals surface area contributed by atoms with E-state index in [1.54, 1.807) is 11.0 Å². The molecular formula is C27H37N5O5S2. The summed E-state index contributed by atoms with van der Waals surface area (Å²) in [5, 5.41) is 20.3. The van der Waals surface area contributed by atoms with E-state index >= 15 is 0 Å². The Bertz CT molecular complexity index is 1400. The van der Waals surface area contributed by atoms with E-state index in [1.165, 1.54) is 18.7 Å². The molecule has 2 aliphatic rings. The fraction of sp³-hybridized carbons (Fsp3) is 0.667. The summed E-state index contributed by atoms with van der Waals surface area (Å²) in [5.41, 5.74) is -0.427. The van der Waals surface area contributed by atoms with Crippen LogP contribution in [0.15, 0.2) is 11.2 Å². The third-order valence-corrected chi connectivity index (χ3v) is 11.1. The number of carboxylic acid groups (broad SMARTS) is 1. The van der Waals surface area contributed by atoms with Gasteiger partial charge in [-0.15, -0.1) is 11.3 Å². The number of anilines is 1. The average Bonchev–Trinajstić information content (AvgIpc) is 3.50. The van der Waals surface area contributed by atoms with Crippen molar-refractivity contribution in [2.75, 3.05) is 4.90 Å². The molecule has 2 heterocycles. The highest BCUT2D eigenvalue weighted by atomic mass is 32.2. The van der Waals surface area contributed by atoms with Gasteiger partial charge in [0.15, 0.2) is 0 Å². The minimum atomic E-state index is -3.69. The molecule has 0 aromatic carbocycles. The monoisotopic (exact) mass is 575 g/mol. The molecule has 4 rings (SSSR count). The number of carbonyl (C=O) groups excluding carboxylic acids is 1. The fourth-order valence-corrected chi connectivity index (χ4v) is 8.82. The summed E-state index contributed by atoms with van der Waals surface area (Å²) >= 11 is 1.10. The van der Waals surface area contributed by atoms with Gasteiger partial charge in [-0.25, -0.2) is 17.9 Å². The summed E-state index contributed by atoms with van der Waals surface area (Å²) in [7, 11) is -2.17. The Morgan fingerprint density at radius 1 is 1.15 bits per heavy atom. The number of hydrogen-bond acceptors (Lipinski definition) is 8. The van der Waals surface area contributed by atoms with Crippen LogP contribution in [0.2, 0.25) is 0 Å². The van der Waals surface area contributed by atoms with Crippen molar-refractivity contribution >= 4 is 38.7 Å². The molecule has 0 radical (unpaired) electrons. The lowest BCUT2D eigenvalue weighted by atomic mass is 9.66. The van der Waals surface area contributed by atoms with Gasteiger partial charge in [-0.3, -0.25) is 4.79 Å². The van der Waals surface area contributed by atoms with E-state index < -0.39 is 26.6 Å². The molecule has 0 spiro atoms. The Hall–Kier alpha value is -2.78. The summed E-state index contributed by atoms with van der Waals surface area (Å²) in [6, 6.07) is 1.75. The number of aryl methyl sites for hydroxylation is 1. The molecule has 2 aromatic rings. The van der Waals surface area contributed by atoms with Crippen LogP contribution in [-0.2, 0) is 21.7 Å². The number of aromatic nitrogens is 4. The van der Waals surface area contributed by atoms with Crippen molar-refractivity contribution in [2.45, 2.75) is 101 Å². The maximum atomic E-state index is 13.4. The SMILES string of the molecule is CC(=O)N(c1cc(C#CC(C)(C)C)sc1C(=O)O)C1(C2CCC(S(=O)(=O)c3nnnn3C)CC2)CCCCC1. The highest BCUT2D eigenvalue weighted by Crippen LogP contribution is 2.49. The minimum absolute atomic E-state index is 0.0384. The van der Waals surface area contributed by atoms with E-state index in [0.29, 0.717) is 36.2 Å². The fourth-order valence-electron chi connectivity index (χ4n) is 6.23. The molecule has 2 fully saturated rings. The Morgan fingerprint density at radius 3 is 2.31 bits per heavy atom. The first-order chi connectivity index (χ1) is 18.3. The number of hydrogen-bond donors (Lipinski definition) is 1. The maximum absolute atomic E-state index is 13.4. The van der Waals surface area contributed by atoms with Crippen LogP contribution < -0.4 is 4.90 Å². The molecule has 0 aliphatic heterocycles. The van der Waals surface area contributed by atoms with Crippen LogP contribution in [0.5, 0.6) is 0 Å². The van der Waals surface area contributed by atoms with E-state index in [2.05, 4.69) is 27.4 Å². The number of amides is 1. The lowest BCUT2D eigenvalue weighted by molar-refractivity contribution is -0.118. The summed E-state index contributed by atoms with van der Waals surface area (Å²) in [4.78, 5) is 28.2. The Kier molecular flexibility index (Phi) is 8.24. The van der Waals surface area contributed by atoms with Crippen molar-refractivity contribution < 1.29 is 23.1 Å². The number of sulfone groups is 1. The molecule has 2 saturated carbocycles. The summed E-state index contributed by atoms with van der Waals surface area (Å²) in [5.74, 6) is 5.03. The number of aromatic carboxylic acids is 1. The summed E-state index contributed by atoms with van der Waals surface area (Å²) in [6.45, 7) is 7.46. The van der Waals surface area contributed by atoms with Gasteiger partial charge >= 0.3 is 5.97 Å². The van der Waals surface area contributed by atoms with Crippen molar-refractivity contribution in [3.8, 4) is 11.8 Å². The molecule has 2 aromatic heterocycles. The predicted octanol–water partition coefficient (Wildman–Crippen LogP) is 4.46. The topological polar surface area (TPSA) is 135 Å². The zero-order valence-electron chi connectivity index (χ0n) is 23.2. The molecule has 0 atom stereocenters. The number of nitrogens with zero attached hydrogens (tertiary/aromatic N) is 5. The van der Waals surface area contributed by atoms with Crippen LogP contribution in [0, 0.1) is 23.2 Å². The van der Waals surface area contributed by atoms with Crippen LogP contribution in [0.3, 0.4) is 0 Å². The van der Waals surface area contributed by atoms with E-state index in [-0.39, 0.29) is 27.3 Å². The Labute approximate surface area is 234 Å². The van der Waals surface area contributed by atoms with Crippen LogP contribution in [0.1, 0.15) is 100 Å². The normalized spacial score (nSPS) is 21.6. The van der Waals surface area contributed by atoms with Gasteiger partial charge in [-0.2, -0.15) is 0 Å². The van der Waals surface area contributed by atoms with Gasteiger partial charge in [0.1, 0.15) is 4.88 Å². The first-order valence-electron chi connectivity index (χ1n) is 13.4. The van der Waals surface area contributed by atoms with Crippen LogP contribution in [0.4, 0.5) is 5.69 Å². The molecule has 1 N–H and O–H groups in total. The summed E-state index contributed by atoms with van der Waals surface area (Å²) in [6.07, 6.45) is 6.50. The number of thiophene rings is 1. The van der Waals surface area contributed by atoms with E-state index in [4.69, 9.17) is 0 Å². The first-order valence-corrected chi connectivity index (χ1v) is 15.8. The van der Waals surface area contributed by atoms with Crippen molar-refractivity contribution in [1.29, 1.82) is 0 Å². The predicted molar refractivity (Wildman–Crippen MR) is 148 cm³/mol. The second-order valence-corrected chi connectivity index (χ2v) is 14.9. The zero-order chi connectivity index (χ0) is 28.6. The number of tetrazole rings is 1. The van der Waals surface area contributed by atoms with E-state index in [9.17, 15) is 23.1 Å². The molecule has 0 bridgehead atoms. The minimum Gasteiger partial charge on any atom is -0.477 e. The van der Waals surface area contributed by atoms with Crippen molar-refractivity contribution in [3.63, 3.8) is 0 Å². The van der Waals surface area contributed by atoms with Crippen LogP contribution >= 0.6 is 11.3 Å². The van der Waals surface area contributed by atoms with Crippen LogP contribution in [-0.4, -0.2) is 56.4 Å². The molecule has 2 aliphatic carbocycles. The standard InChI is InChI=1S/C27H37N5O5S2/c1-18(33)32(22-17-20(13-16-26(2,3)4)38-23(22)24(34)35)27(14-7-6-8-15-27)19-9-11-21(12-10-19)39(36,37)25-28-29-30-31(25)5/h17,19,21H,6-12,14-15H2,1-5H3,(H,34,35). The van der Waals surface area contributed by atoms with Gasteiger partial charge in [0.05, 0.1) is 21.4 Å². The molecule has 39 heavy (non-hydrogen) atoms. The lowest BCUT2D eigenvalue weighted by Gasteiger charge is -2.52. The smallest absolute Gasteiger partial charge is 0.348 e. The third kappa shape index (κ3) is 5.89. The van der Waals surface area contributed by atoms with Gasteiger partial charge in [-0.05, 0) is 81.7 Å². The Balaban J connectivity index is 1.70. The first kappa shape index (κ1) is 29.2. The molecule has 0 saturated heterocycles. The molecule has 10 nitrogen and oxygen atoms in total. The van der Waals surface area contributed by atoms with Gasteiger partial charge in [-0.1, -0.05) is 36.2 Å². The average molecular weight is 576 g/mol. The van der Waals surface area contributed by atoms with Gasteiger partial charge in [0.2, 0.25) is 15.7 Å². The third-order valence-electron chi connectivity index (χ3n) is 7.90.